The highest BCUT2D eigenvalue weighted by molar-refractivity contribution is 7.66. The summed E-state index contributed by atoms with van der Waals surface area (Å²) in [4.78, 5) is 6.22. The molecule has 1 saturated heterocycles. The number of rotatable bonds is 1. The number of morpholine rings is 1. The minimum Gasteiger partial charge on any atom is -0.338 e. The monoisotopic (exact) mass is 216 g/mol. The number of thiazole rings is 1. The summed E-state index contributed by atoms with van der Waals surface area (Å²) in [7, 11) is 0. The van der Waals surface area contributed by atoms with Crippen molar-refractivity contribution in [1.29, 1.82) is 0 Å². The Morgan fingerprint density at radius 1 is 1.69 bits per heavy atom. The fraction of sp³-hybridized carbons (Fsp3) is 0.429. The molecule has 6 heteroatoms. The van der Waals surface area contributed by atoms with Crippen LogP contribution in [0.3, 0.4) is 0 Å². The molecule has 0 spiro atoms. The summed E-state index contributed by atoms with van der Waals surface area (Å²) < 4.78 is 15.7. The first kappa shape index (κ1) is 8.86. The highest BCUT2D eigenvalue weighted by Crippen LogP contribution is 2.18. The molecule has 1 aromatic heterocycles. The zero-order valence-corrected chi connectivity index (χ0v) is 8.44. The molecule has 13 heavy (non-hydrogen) atoms. The van der Waals surface area contributed by atoms with Crippen LogP contribution in [0.15, 0.2) is 11.6 Å². The van der Waals surface area contributed by atoms with Gasteiger partial charge >= 0.3 is 0 Å². The lowest BCUT2D eigenvalue weighted by Gasteiger charge is -2.25. The van der Waals surface area contributed by atoms with Gasteiger partial charge in [-0.2, -0.15) is 0 Å². The lowest BCUT2D eigenvalue weighted by Crippen LogP contribution is -2.39. The second-order valence-corrected chi connectivity index (χ2v) is 4.04. The summed E-state index contributed by atoms with van der Waals surface area (Å²) in [6.07, 6.45) is 1.76. The average Bonchev–Trinajstić information content (AvgIpc) is 2.71. The van der Waals surface area contributed by atoms with Gasteiger partial charge in [0.15, 0.2) is 10.2 Å². The van der Waals surface area contributed by atoms with E-state index in [2.05, 4.69) is 9.88 Å². The number of anilines is 1. The van der Waals surface area contributed by atoms with Crippen molar-refractivity contribution < 1.29 is 8.95 Å². The fourth-order valence-electron chi connectivity index (χ4n) is 1.14. The molecule has 2 heterocycles. The van der Waals surface area contributed by atoms with Crippen molar-refractivity contribution >= 4 is 32.8 Å². The van der Waals surface area contributed by atoms with Crippen molar-refractivity contribution in [3.8, 4) is 0 Å². The third kappa shape index (κ3) is 1.96. The Bertz CT molecular complexity index is 332. The third-order valence-electron chi connectivity index (χ3n) is 1.73. The fourth-order valence-corrected chi connectivity index (χ4v) is 2.15. The molecule has 0 bridgehead atoms. The van der Waals surface area contributed by atoms with Gasteiger partial charge in [0.1, 0.15) is 11.3 Å². The first-order valence-electron chi connectivity index (χ1n) is 3.83. The summed E-state index contributed by atoms with van der Waals surface area (Å²) >= 11 is 2.00. The Morgan fingerprint density at radius 3 is 3.31 bits per heavy atom. The van der Waals surface area contributed by atoms with Crippen molar-refractivity contribution in [2.45, 2.75) is 0 Å². The molecule has 0 N–H and O–H groups in total. The minimum absolute atomic E-state index is 0.426. The van der Waals surface area contributed by atoms with Crippen LogP contribution in [0.25, 0.3) is 0 Å². The van der Waals surface area contributed by atoms with Crippen molar-refractivity contribution in [1.82, 2.24) is 4.98 Å². The van der Waals surface area contributed by atoms with Gasteiger partial charge in [-0.1, -0.05) is 0 Å². The second-order valence-electron chi connectivity index (χ2n) is 2.54. The molecule has 70 valence electrons. The van der Waals surface area contributed by atoms with Crippen LogP contribution in [-0.4, -0.2) is 33.9 Å². The summed E-state index contributed by atoms with van der Waals surface area (Å²) in [5.41, 5.74) is 0. The Balaban J connectivity index is 2.13. The molecule has 1 aliphatic rings. The zero-order valence-electron chi connectivity index (χ0n) is 6.80. The van der Waals surface area contributed by atoms with E-state index in [9.17, 15) is 4.21 Å². The predicted octanol–water partition coefficient (Wildman–Crippen LogP) is 0.323. The highest BCUT2D eigenvalue weighted by atomic mass is 32.1. The number of nitrogens with zero attached hydrogens (tertiary/aromatic N) is 2. The van der Waals surface area contributed by atoms with E-state index in [0.717, 1.165) is 11.7 Å². The number of ether oxygens (including phenoxy) is 1. The molecular formula is C7H8N2O2S2. The van der Waals surface area contributed by atoms with Crippen molar-refractivity contribution in [3.63, 3.8) is 0 Å². The molecule has 0 unspecified atom stereocenters. The van der Waals surface area contributed by atoms with Gasteiger partial charge in [0.25, 0.3) is 0 Å². The third-order valence-corrected chi connectivity index (χ3v) is 2.99. The van der Waals surface area contributed by atoms with Crippen LogP contribution in [0.1, 0.15) is 0 Å². The van der Waals surface area contributed by atoms with Gasteiger partial charge in [-0.05, 0) is 0 Å². The zero-order chi connectivity index (χ0) is 9.10. The SMILES string of the molecule is O=S=C1CN(c2nccs2)CCO1. The molecule has 4 nitrogen and oxygen atoms in total. The first-order valence-corrected chi connectivity index (χ1v) is 5.45. The van der Waals surface area contributed by atoms with Gasteiger partial charge in [0, 0.05) is 18.1 Å². The molecule has 1 fully saturated rings. The number of aromatic nitrogens is 1. The Kier molecular flexibility index (Phi) is 2.72. The second kappa shape index (κ2) is 3.99. The van der Waals surface area contributed by atoms with Gasteiger partial charge in [0.05, 0.1) is 13.2 Å². The topological polar surface area (TPSA) is 42.4 Å². The molecule has 0 amide bonds. The van der Waals surface area contributed by atoms with Crippen LogP contribution >= 0.6 is 11.3 Å². The largest absolute Gasteiger partial charge is 0.338 e. The summed E-state index contributed by atoms with van der Waals surface area (Å²) in [5, 5.41) is 3.41. The molecule has 1 aliphatic heterocycles. The maximum atomic E-state index is 10.5. The molecular weight excluding hydrogens is 208 g/mol. The number of hydrogen-bond donors (Lipinski definition) is 0. The van der Waals surface area contributed by atoms with Crippen LogP contribution in [0.5, 0.6) is 0 Å². The minimum atomic E-state index is 0.426. The van der Waals surface area contributed by atoms with Gasteiger partial charge in [0.2, 0.25) is 0 Å². The van der Waals surface area contributed by atoms with Crippen LogP contribution in [-0.2, 0) is 16.0 Å². The van der Waals surface area contributed by atoms with Crippen molar-refractivity contribution in [2.75, 3.05) is 24.6 Å². The quantitative estimate of drug-likeness (QED) is 0.634. The molecule has 0 aromatic carbocycles. The van der Waals surface area contributed by atoms with E-state index in [4.69, 9.17) is 4.74 Å². The summed E-state index contributed by atoms with van der Waals surface area (Å²) in [6.45, 7) is 1.93. The molecule has 0 atom stereocenters. The summed E-state index contributed by atoms with van der Waals surface area (Å²) in [5.74, 6) is 0. The average molecular weight is 216 g/mol. The van der Waals surface area contributed by atoms with E-state index >= 15 is 0 Å². The van der Waals surface area contributed by atoms with E-state index in [-0.39, 0.29) is 0 Å². The van der Waals surface area contributed by atoms with E-state index in [0.29, 0.717) is 29.5 Å². The van der Waals surface area contributed by atoms with Crippen LogP contribution in [0, 0.1) is 0 Å². The first-order chi connectivity index (χ1) is 6.40. The summed E-state index contributed by atoms with van der Waals surface area (Å²) in [6, 6.07) is 0. The van der Waals surface area contributed by atoms with E-state index in [1.807, 2.05) is 5.38 Å². The van der Waals surface area contributed by atoms with Crippen LogP contribution in [0.4, 0.5) is 5.13 Å². The van der Waals surface area contributed by atoms with E-state index in [1.165, 1.54) is 0 Å². The van der Waals surface area contributed by atoms with Crippen LogP contribution < -0.4 is 4.90 Å². The van der Waals surface area contributed by atoms with Crippen LogP contribution in [0.2, 0.25) is 0 Å². The molecule has 2 rings (SSSR count). The number of hydrogen-bond acceptors (Lipinski definition) is 5. The lowest BCUT2D eigenvalue weighted by atomic mass is 10.5. The Morgan fingerprint density at radius 2 is 2.62 bits per heavy atom. The van der Waals surface area contributed by atoms with Gasteiger partial charge in [-0.15, -0.1) is 11.3 Å². The molecule has 1 aromatic rings. The normalized spacial score (nSPS) is 17.5. The van der Waals surface area contributed by atoms with Gasteiger partial charge < -0.3 is 9.64 Å². The molecule has 0 saturated carbocycles. The smallest absolute Gasteiger partial charge is 0.185 e. The Labute approximate surface area is 83.2 Å². The van der Waals surface area contributed by atoms with Gasteiger partial charge in [-0.25, -0.2) is 9.19 Å². The maximum absolute atomic E-state index is 10.5. The van der Waals surface area contributed by atoms with E-state index in [1.54, 1.807) is 17.5 Å². The van der Waals surface area contributed by atoms with Crippen molar-refractivity contribution in [2.24, 2.45) is 0 Å². The van der Waals surface area contributed by atoms with Gasteiger partial charge in [-0.3, -0.25) is 0 Å². The highest BCUT2D eigenvalue weighted by Gasteiger charge is 2.17. The maximum Gasteiger partial charge on any atom is 0.185 e. The predicted molar refractivity (Wildman–Crippen MR) is 53.4 cm³/mol. The van der Waals surface area contributed by atoms with E-state index < -0.39 is 0 Å². The van der Waals surface area contributed by atoms with Crippen molar-refractivity contribution in [3.05, 3.63) is 11.6 Å². The standard InChI is InChI=1S/C7H8N2O2S2/c10-13-6-5-9(2-3-11-6)7-8-1-4-12-7/h1,4H,2-3,5H2. The lowest BCUT2D eigenvalue weighted by molar-refractivity contribution is 0.294. The Hall–Kier alpha value is -0.720. The molecule has 0 radical (unpaired) electrons. The molecule has 0 aliphatic carbocycles.